The van der Waals surface area contributed by atoms with Crippen molar-refractivity contribution in [2.45, 2.75) is 25.3 Å². The zero-order valence-corrected chi connectivity index (χ0v) is 16.2. The van der Waals surface area contributed by atoms with Gasteiger partial charge in [0.1, 0.15) is 5.65 Å². The van der Waals surface area contributed by atoms with Crippen molar-refractivity contribution in [2.75, 3.05) is 37.7 Å². The van der Waals surface area contributed by atoms with Gasteiger partial charge in [-0.3, -0.25) is 9.69 Å². The Balaban J connectivity index is 1.57. The summed E-state index contributed by atoms with van der Waals surface area (Å²) >= 11 is 0. The molecule has 11 heteroatoms. The highest BCUT2D eigenvalue weighted by molar-refractivity contribution is 7.91. The van der Waals surface area contributed by atoms with Crippen LogP contribution >= 0.6 is 0 Å². The highest BCUT2D eigenvalue weighted by Gasteiger charge is 2.27. The van der Waals surface area contributed by atoms with Crippen LogP contribution < -0.4 is 5.56 Å². The fraction of sp³-hybridized carbons (Fsp3) is 0.588. The van der Waals surface area contributed by atoms with Crippen LogP contribution in [-0.2, 0) is 16.4 Å². The van der Waals surface area contributed by atoms with Crippen LogP contribution in [0.2, 0.25) is 0 Å². The number of nitrogens with zero attached hydrogens (tertiary/aromatic N) is 4. The Morgan fingerprint density at radius 2 is 1.89 bits per heavy atom. The van der Waals surface area contributed by atoms with Gasteiger partial charge in [0.25, 0.3) is 5.56 Å². The van der Waals surface area contributed by atoms with Gasteiger partial charge in [0.05, 0.1) is 23.4 Å². The quantitative estimate of drug-likeness (QED) is 0.736. The summed E-state index contributed by atoms with van der Waals surface area (Å²) in [6, 6.07) is 1.54. The Kier molecular flexibility index (Phi) is 4.88. The predicted molar refractivity (Wildman–Crippen MR) is 101 cm³/mol. The number of hydrogen-bond donors (Lipinski definition) is 2. The first-order valence-electron chi connectivity index (χ1n) is 9.33. The van der Waals surface area contributed by atoms with Gasteiger partial charge in [-0.2, -0.15) is 5.10 Å². The maximum absolute atomic E-state index is 12.3. The molecule has 4 rings (SSSR count). The number of sulfone groups is 1. The molecule has 28 heavy (non-hydrogen) atoms. The fourth-order valence-electron chi connectivity index (χ4n) is 3.98. The van der Waals surface area contributed by atoms with E-state index in [1.165, 1.54) is 4.90 Å². The summed E-state index contributed by atoms with van der Waals surface area (Å²) < 4.78 is 25.0. The molecule has 2 N–H and O–H groups in total. The van der Waals surface area contributed by atoms with E-state index in [0.29, 0.717) is 51.2 Å². The van der Waals surface area contributed by atoms with E-state index in [0.717, 1.165) is 11.3 Å². The molecule has 2 fully saturated rings. The van der Waals surface area contributed by atoms with Gasteiger partial charge in [-0.15, -0.1) is 0 Å². The first-order valence-corrected chi connectivity index (χ1v) is 11.1. The molecule has 0 aliphatic carbocycles. The van der Waals surface area contributed by atoms with Crippen molar-refractivity contribution in [2.24, 2.45) is 0 Å². The maximum Gasteiger partial charge on any atom is 0.407 e. The normalized spacial score (nSPS) is 21.2. The summed E-state index contributed by atoms with van der Waals surface area (Å²) in [5.41, 5.74) is 2.04. The Hall–Kier alpha value is -2.40. The molecule has 0 atom stereocenters. The lowest BCUT2D eigenvalue weighted by Crippen LogP contribution is -2.39. The van der Waals surface area contributed by atoms with E-state index in [4.69, 9.17) is 5.11 Å². The molecule has 0 unspecified atom stereocenters. The smallest absolute Gasteiger partial charge is 0.407 e. The van der Waals surface area contributed by atoms with Crippen molar-refractivity contribution >= 4 is 21.6 Å². The van der Waals surface area contributed by atoms with E-state index in [2.05, 4.69) is 10.1 Å². The molecule has 0 saturated carbocycles. The van der Waals surface area contributed by atoms with Crippen molar-refractivity contribution in [3.8, 4) is 0 Å². The molecule has 0 spiro atoms. The Labute approximate surface area is 161 Å². The number of fused-ring (bicyclic) bond motifs is 1. The second-order valence-electron chi connectivity index (χ2n) is 7.46. The second kappa shape index (κ2) is 7.21. The minimum Gasteiger partial charge on any atom is -0.465 e. The number of hydrogen-bond acceptors (Lipinski definition) is 6. The van der Waals surface area contributed by atoms with Gasteiger partial charge >= 0.3 is 6.09 Å². The van der Waals surface area contributed by atoms with Gasteiger partial charge in [0, 0.05) is 50.3 Å². The van der Waals surface area contributed by atoms with Crippen LogP contribution in [0.25, 0.3) is 5.65 Å². The molecule has 10 nitrogen and oxygen atoms in total. The van der Waals surface area contributed by atoms with Gasteiger partial charge in [-0.25, -0.2) is 17.7 Å². The van der Waals surface area contributed by atoms with E-state index in [1.807, 2.05) is 4.90 Å². The number of amides is 1. The molecule has 2 saturated heterocycles. The SMILES string of the molecule is O=C(O)N1CCC(c2cc(=O)[nH]c3c(CN4CCS(=O)(=O)CC4)cnn23)CC1. The molecule has 2 aliphatic rings. The predicted octanol–water partition coefficient (Wildman–Crippen LogP) is 0.110. The number of carbonyl (C=O) groups is 1. The van der Waals surface area contributed by atoms with E-state index in [-0.39, 0.29) is 23.0 Å². The molecule has 152 valence electrons. The third-order valence-electron chi connectivity index (χ3n) is 5.62. The second-order valence-corrected chi connectivity index (χ2v) is 9.76. The molecular weight excluding hydrogens is 386 g/mol. The highest BCUT2D eigenvalue weighted by atomic mass is 32.2. The first-order chi connectivity index (χ1) is 13.3. The van der Waals surface area contributed by atoms with Crippen LogP contribution in [0.1, 0.15) is 30.0 Å². The molecule has 2 aromatic heterocycles. The summed E-state index contributed by atoms with van der Waals surface area (Å²) in [4.78, 5) is 29.6. The third kappa shape index (κ3) is 3.76. The van der Waals surface area contributed by atoms with E-state index < -0.39 is 15.9 Å². The molecule has 0 aromatic carbocycles. The monoisotopic (exact) mass is 409 g/mol. The number of aromatic amines is 1. The maximum atomic E-state index is 12.3. The Bertz CT molecular complexity index is 1040. The van der Waals surface area contributed by atoms with Crippen LogP contribution in [0.3, 0.4) is 0 Å². The minimum absolute atomic E-state index is 0.0632. The first kappa shape index (κ1) is 18.9. The lowest BCUT2D eigenvalue weighted by Gasteiger charge is -2.30. The van der Waals surface area contributed by atoms with Crippen molar-refractivity contribution in [3.05, 3.63) is 33.9 Å². The van der Waals surface area contributed by atoms with E-state index in [9.17, 15) is 18.0 Å². The average molecular weight is 409 g/mol. The van der Waals surface area contributed by atoms with E-state index in [1.54, 1.807) is 16.8 Å². The highest BCUT2D eigenvalue weighted by Crippen LogP contribution is 2.28. The lowest BCUT2D eigenvalue weighted by atomic mass is 9.93. The van der Waals surface area contributed by atoms with Crippen molar-refractivity contribution in [1.82, 2.24) is 24.4 Å². The van der Waals surface area contributed by atoms with Gasteiger partial charge < -0.3 is 15.0 Å². The fourth-order valence-corrected chi connectivity index (χ4v) is 5.26. The molecule has 1 amide bonds. The van der Waals surface area contributed by atoms with Gasteiger partial charge in [0.15, 0.2) is 9.84 Å². The van der Waals surface area contributed by atoms with Crippen LogP contribution in [-0.4, -0.2) is 81.7 Å². The summed E-state index contributed by atoms with van der Waals surface area (Å²) in [6.07, 6.45) is 2.08. The number of aromatic nitrogens is 3. The largest absolute Gasteiger partial charge is 0.465 e. The number of piperidine rings is 1. The molecule has 4 heterocycles. The summed E-state index contributed by atoms with van der Waals surface area (Å²) in [5.74, 6) is 0.361. The molecule has 0 bridgehead atoms. The summed E-state index contributed by atoms with van der Waals surface area (Å²) in [6.45, 7) is 2.33. The number of nitrogens with one attached hydrogen (secondary N) is 1. The molecular formula is C17H23N5O5S. The third-order valence-corrected chi connectivity index (χ3v) is 7.23. The van der Waals surface area contributed by atoms with Crippen LogP contribution in [0.5, 0.6) is 0 Å². The molecule has 2 aliphatic heterocycles. The lowest BCUT2D eigenvalue weighted by molar-refractivity contribution is 0.131. The summed E-state index contributed by atoms with van der Waals surface area (Å²) in [7, 11) is -2.94. The van der Waals surface area contributed by atoms with E-state index >= 15 is 0 Å². The van der Waals surface area contributed by atoms with Crippen molar-refractivity contribution < 1.29 is 18.3 Å². The number of likely N-dealkylation sites (tertiary alicyclic amines) is 1. The number of rotatable bonds is 3. The van der Waals surface area contributed by atoms with Gasteiger partial charge in [-0.05, 0) is 12.8 Å². The van der Waals surface area contributed by atoms with Gasteiger partial charge in [-0.1, -0.05) is 0 Å². The standard InChI is InChI=1S/C17H23N5O5S/c23-15-9-14(12-1-3-21(4-2-12)17(24)25)22-16(19-15)13(10-18-22)11-20-5-7-28(26,27)8-6-20/h9-10,12H,1-8,11H2,(H,19,23)(H,24,25). The number of carboxylic acid groups (broad SMARTS) is 1. The molecule has 2 aromatic rings. The Morgan fingerprint density at radius 3 is 2.54 bits per heavy atom. The van der Waals surface area contributed by atoms with Crippen LogP contribution in [0.15, 0.2) is 17.1 Å². The zero-order chi connectivity index (χ0) is 19.9. The van der Waals surface area contributed by atoms with Crippen LogP contribution in [0.4, 0.5) is 4.79 Å². The Morgan fingerprint density at radius 1 is 1.21 bits per heavy atom. The van der Waals surface area contributed by atoms with Crippen molar-refractivity contribution in [1.29, 1.82) is 0 Å². The van der Waals surface area contributed by atoms with Crippen LogP contribution in [0, 0.1) is 0 Å². The van der Waals surface area contributed by atoms with Crippen molar-refractivity contribution in [3.63, 3.8) is 0 Å². The molecule has 0 radical (unpaired) electrons. The average Bonchev–Trinajstić information content (AvgIpc) is 3.05. The summed E-state index contributed by atoms with van der Waals surface area (Å²) in [5, 5.41) is 13.6. The minimum atomic E-state index is -2.94. The zero-order valence-electron chi connectivity index (χ0n) is 15.4. The number of H-pyrrole nitrogens is 1. The topological polar surface area (TPSA) is 128 Å². The van der Waals surface area contributed by atoms with Gasteiger partial charge in [0.2, 0.25) is 0 Å².